The van der Waals surface area contributed by atoms with Crippen molar-refractivity contribution in [1.29, 1.82) is 0 Å². The molecular weight excluding hydrogens is 873 g/mol. The van der Waals surface area contributed by atoms with Crippen molar-refractivity contribution in [3.8, 4) is 0 Å². The molecule has 0 aliphatic carbocycles. The topological polar surface area (TPSA) is 259 Å². The Morgan fingerprint density at radius 2 is 1.69 bits per heavy atom. The van der Waals surface area contributed by atoms with E-state index in [0.29, 0.717) is 83.5 Å². The Labute approximate surface area is 372 Å². The summed E-state index contributed by atoms with van der Waals surface area (Å²) in [5.41, 5.74) is 18.8. The molecule has 0 radical (unpaired) electrons. The van der Waals surface area contributed by atoms with E-state index < -0.39 is 30.5 Å². The van der Waals surface area contributed by atoms with Gasteiger partial charge in [-0.3, -0.25) is 24.5 Å². The Balaban J connectivity index is 0.00000819. The Hall–Kier alpha value is -4.34. The van der Waals surface area contributed by atoms with Crippen LogP contribution >= 0.6 is 0 Å². The average molecular weight is 934 g/mol. The molecule has 5 aliphatic heterocycles. The van der Waals surface area contributed by atoms with Crippen LogP contribution in [0.1, 0.15) is 67.2 Å². The first-order valence-corrected chi connectivity index (χ1v) is 20.9. The van der Waals surface area contributed by atoms with Crippen molar-refractivity contribution < 1.29 is 55.2 Å². The van der Waals surface area contributed by atoms with E-state index in [-0.39, 0.29) is 93.5 Å². The maximum Gasteiger partial charge on any atom is 2.00 e. The van der Waals surface area contributed by atoms with Gasteiger partial charge in [0.15, 0.2) is 0 Å². The summed E-state index contributed by atoms with van der Waals surface area (Å²) in [5, 5.41) is 53.0. The number of aliphatic hydroxyl groups is 2. The number of aliphatic imine (C=N–C) groups is 4. The molecule has 0 spiro atoms. The number of ether oxygens (including phenoxy) is 1. The molecule has 5 atom stereocenters. The van der Waals surface area contributed by atoms with Gasteiger partial charge in [0, 0.05) is 97.6 Å². The van der Waals surface area contributed by atoms with Crippen molar-refractivity contribution in [3.63, 3.8) is 0 Å². The molecule has 0 aromatic rings. The number of amides is 1. The Morgan fingerprint density at radius 1 is 1.00 bits per heavy atom. The van der Waals surface area contributed by atoms with Crippen molar-refractivity contribution in [2.75, 3.05) is 59.5 Å². The summed E-state index contributed by atoms with van der Waals surface area (Å²) in [6.45, 7) is 13.5. The zero-order valence-electron chi connectivity index (χ0n) is 36.2. The quantitative estimate of drug-likeness (QED) is 0.0391. The smallest absolute Gasteiger partial charge is 0.875 e. The predicted octanol–water partition coefficient (Wildman–Crippen LogP) is 0.801. The molecule has 0 aromatic carbocycles. The number of carbonyl (C=O) groups excluding carboxylic acids is 2. The number of allylic oxidation sites excluding steroid dienone is 10. The number of aliphatic hydroxyl groups excluding tert-OH is 2. The van der Waals surface area contributed by atoms with E-state index in [4.69, 9.17) is 31.2 Å². The number of carbonyl (C=O) groups is 2. The summed E-state index contributed by atoms with van der Waals surface area (Å²) < 4.78 is 5.22. The van der Waals surface area contributed by atoms with Crippen molar-refractivity contribution in [2.24, 2.45) is 55.1 Å². The van der Waals surface area contributed by atoms with Gasteiger partial charge in [-0.1, -0.05) is 27.7 Å². The predicted molar refractivity (Wildman–Crippen MR) is 229 cm³/mol. The van der Waals surface area contributed by atoms with E-state index in [0.717, 1.165) is 17.8 Å². The summed E-state index contributed by atoms with van der Waals surface area (Å²) in [4.78, 5) is 48.4. The van der Waals surface area contributed by atoms with E-state index in [1.54, 1.807) is 0 Å². The molecule has 16 nitrogen and oxygen atoms in total. The normalized spacial score (nSPS) is 23.8. The Bertz CT molecular complexity index is 2060. The average Bonchev–Trinajstić information content (AvgIpc) is 3.90. The molecule has 17 heteroatoms. The van der Waals surface area contributed by atoms with Gasteiger partial charge in [-0.2, -0.15) is 0 Å². The molecule has 61 heavy (non-hydrogen) atoms. The molecule has 8 bridgehead atoms. The molecule has 5 heterocycles. The fraction of sp³-hybridized carbons (Fsp3) is 0.545. The van der Waals surface area contributed by atoms with E-state index in [1.165, 1.54) is 14.0 Å². The van der Waals surface area contributed by atoms with Crippen molar-refractivity contribution >= 4 is 34.9 Å². The minimum Gasteiger partial charge on any atom is -0.875 e. The van der Waals surface area contributed by atoms with Gasteiger partial charge in [0.2, 0.25) is 5.91 Å². The number of esters is 1. The van der Waals surface area contributed by atoms with Crippen LogP contribution in [0.15, 0.2) is 100 Å². The molecule has 0 aromatic heterocycles. The summed E-state index contributed by atoms with van der Waals surface area (Å²) in [6.07, 6.45) is 5.45. The monoisotopic (exact) mass is 933 g/mol. The second kappa shape index (κ2) is 22.1. The largest absolute Gasteiger partial charge is 2.00 e. The molecule has 1 amide bonds. The van der Waals surface area contributed by atoms with Crippen LogP contribution in [0, 0.1) is 23.7 Å². The van der Waals surface area contributed by atoms with Gasteiger partial charge >= 0.3 is 26.4 Å². The second-order valence-electron chi connectivity index (χ2n) is 15.9. The van der Waals surface area contributed by atoms with Gasteiger partial charge in [0.1, 0.15) is 0 Å². The third-order valence-electron chi connectivity index (χ3n) is 11.9. The first-order valence-electron chi connectivity index (χ1n) is 20.9. The standard InChI is InChI=1S/C44H63N9O7.Pd/c1-8-29-23(2)32-20-37-40(27(6)55)25(4)34(50-37)18-33-24(3)30(9-10-38(57)48-21-28(56)22-54)42(51-33)31(17-39(58)60-7)43-41(26(5)35(52-43)19-36(29)49-32)44(59)47-13-16-53(14-11-45)15-12-46;/h18-20,23-24,28-30,49,54-56H,8-17,21-22,45-46H2,1-7H3,(H,47,59)(H,48,57);/q;+2/p-2/b32-20?,33-18?,36-19?,40-27+,43-31?;/t23-,24+,28?,29-,30+;/m1./s1. The fourth-order valence-electron chi connectivity index (χ4n) is 8.51. The first kappa shape index (κ1) is 49.3. The van der Waals surface area contributed by atoms with Crippen LogP contribution in [0.2, 0.25) is 0 Å². The van der Waals surface area contributed by atoms with E-state index in [1.807, 2.05) is 43.9 Å². The number of hydrogen-bond acceptors (Lipinski definition) is 15. The third kappa shape index (κ3) is 11.2. The molecule has 0 saturated carbocycles. The summed E-state index contributed by atoms with van der Waals surface area (Å²) >= 11 is 0. The van der Waals surface area contributed by atoms with E-state index in [9.17, 15) is 30.0 Å². The molecule has 1 unspecified atom stereocenters. The molecule has 334 valence electrons. The van der Waals surface area contributed by atoms with Crippen LogP contribution in [-0.2, 0) is 34.7 Å². The van der Waals surface area contributed by atoms with Crippen LogP contribution in [0.3, 0.4) is 0 Å². The van der Waals surface area contributed by atoms with Crippen LogP contribution < -0.4 is 32.3 Å². The molecule has 8 N–H and O–H groups in total. The van der Waals surface area contributed by atoms with Crippen LogP contribution in [0.4, 0.5) is 0 Å². The van der Waals surface area contributed by atoms with Gasteiger partial charge in [0.05, 0.1) is 61.3 Å². The maximum absolute atomic E-state index is 14.4. The molecule has 5 rings (SSSR count). The van der Waals surface area contributed by atoms with Crippen LogP contribution in [0.25, 0.3) is 0 Å². The molecule has 5 aliphatic rings. The molecule has 1 fully saturated rings. The van der Waals surface area contributed by atoms with Gasteiger partial charge in [-0.15, -0.1) is 5.76 Å². The molecular formula is C44H61N9O7Pd. The number of hydrogen-bond donors (Lipinski definition) is 6. The number of fused-ring (bicyclic) bond motifs is 5. The number of rotatable bonds is 17. The summed E-state index contributed by atoms with van der Waals surface area (Å²) in [6, 6.07) is 0. The zero-order valence-corrected chi connectivity index (χ0v) is 37.8. The van der Waals surface area contributed by atoms with Gasteiger partial charge in [-0.25, -0.2) is 9.98 Å². The number of nitrogens with one attached hydrogen (secondary N) is 2. The van der Waals surface area contributed by atoms with Gasteiger partial charge < -0.3 is 47.3 Å². The summed E-state index contributed by atoms with van der Waals surface area (Å²) in [5.74, 6) is -2.21. The number of methoxy groups -OCH3 is 1. The SMILES string of the molecule is CC[C@H]1C2=CC3=NC(=C(CC(=O)OC)C4=NC(=CC5=C(C)/C(=C(/C)[O-])C(=N5)C=C(N2)[C@@H]1C)[C@@H](C)[C@@H]4CCC(=O)NCC(O)CO)C(C([O-])=NCCN(CCN)CCN)=C3C.[Pd+2]. The van der Waals surface area contributed by atoms with Crippen molar-refractivity contribution in [3.05, 3.63) is 80.3 Å². The van der Waals surface area contributed by atoms with Crippen LogP contribution in [0.5, 0.6) is 0 Å². The zero-order chi connectivity index (χ0) is 43.8. The summed E-state index contributed by atoms with van der Waals surface area (Å²) in [7, 11) is 1.29. The second-order valence-corrected chi connectivity index (χ2v) is 15.9. The number of nitrogens with zero attached hydrogens (tertiary/aromatic N) is 5. The van der Waals surface area contributed by atoms with E-state index in [2.05, 4.69) is 29.5 Å². The van der Waals surface area contributed by atoms with E-state index >= 15 is 0 Å². The fourth-order valence-corrected chi connectivity index (χ4v) is 8.51. The third-order valence-corrected chi connectivity index (χ3v) is 11.9. The van der Waals surface area contributed by atoms with Crippen LogP contribution in [-0.4, -0.2) is 116 Å². The first-order chi connectivity index (χ1) is 28.7. The van der Waals surface area contributed by atoms with Crippen molar-refractivity contribution in [2.45, 2.75) is 73.3 Å². The van der Waals surface area contributed by atoms with Crippen molar-refractivity contribution in [1.82, 2.24) is 15.5 Å². The van der Waals surface area contributed by atoms with Gasteiger partial charge in [-0.05, 0) is 67.5 Å². The minimum atomic E-state index is -1.11. The Kier molecular flexibility index (Phi) is 17.9. The molecule has 1 saturated heterocycles. The Morgan fingerprint density at radius 3 is 2.31 bits per heavy atom. The van der Waals surface area contributed by atoms with Gasteiger partial charge in [0.25, 0.3) is 0 Å². The number of nitrogens with two attached hydrogens (primary N) is 2. The minimum absolute atomic E-state index is 0. The maximum atomic E-state index is 14.4.